The van der Waals surface area contributed by atoms with E-state index in [1.165, 1.54) is 4.90 Å². The Bertz CT molecular complexity index is 377. The van der Waals surface area contributed by atoms with Crippen LogP contribution in [0, 0.1) is 5.92 Å². The first kappa shape index (κ1) is 11.1. The normalized spacial score (nSPS) is 20.8. The molecule has 1 aromatic rings. The first-order chi connectivity index (χ1) is 7.74. The van der Waals surface area contributed by atoms with Crippen LogP contribution in [-0.2, 0) is 11.2 Å². The van der Waals surface area contributed by atoms with E-state index in [1.807, 2.05) is 6.92 Å². The molecule has 1 aliphatic rings. The molecule has 1 fully saturated rings. The third-order valence-electron chi connectivity index (χ3n) is 2.69. The molecule has 2 heterocycles. The molecular weight excluding hydrogens is 208 g/mol. The summed E-state index contributed by atoms with van der Waals surface area (Å²) in [5.74, 6) is 0.803. The van der Waals surface area contributed by atoms with Gasteiger partial charge in [-0.25, -0.2) is 0 Å². The van der Waals surface area contributed by atoms with Crippen molar-refractivity contribution in [3.8, 4) is 0 Å². The SMILES string of the molecule is CCCc1nnc(N2CC(CN)CC2=O)o1. The summed E-state index contributed by atoms with van der Waals surface area (Å²) in [5, 5.41) is 7.78. The van der Waals surface area contributed by atoms with Gasteiger partial charge in [-0.2, -0.15) is 0 Å². The topological polar surface area (TPSA) is 85.3 Å². The van der Waals surface area contributed by atoms with Crippen molar-refractivity contribution in [3.05, 3.63) is 5.89 Å². The first-order valence-corrected chi connectivity index (χ1v) is 5.57. The molecule has 16 heavy (non-hydrogen) atoms. The van der Waals surface area contributed by atoms with Crippen molar-refractivity contribution in [1.29, 1.82) is 0 Å². The number of hydrogen-bond acceptors (Lipinski definition) is 5. The van der Waals surface area contributed by atoms with E-state index in [-0.39, 0.29) is 11.8 Å². The van der Waals surface area contributed by atoms with Gasteiger partial charge in [0.05, 0.1) is 0 Å². The zero-order valence-electron chi connectivity index (χ0n) is 9.35. The van der Waals surface area contributed by atoms with Crippen molar-refractivity contribution >= 4 is 11.9 Å². The van der Waals surface area contributed by atoms with E-state index in [0.717, 1.165) is 12.8 Å². The van der Waals surface area contributed by atoms with E-state index in [0.29, 0.717) is 31.4 Å². The van der Waals surface area contributed by atoms with Crippen LogP contribution in [0.25, 0.3) is 0 Å². The van der Waals surface area contributed by atoms with Gasteiger partial charge in [0.2, 0.25) is 11.8 Å². The van der Waals surface area contributed by atoms with Gasteiger partial charge in [0.1, 0.15) is 0 Å². The predicted molar refractivity (Wildman–Crippen MR) is 57.8 cm³/mol. The number of nitrogens with two attached hydrogens (primary N) is 1. The highest BCUT2D eigenvalue weighted by Crippen LogP contribution is 2.23. The molecule has 0 aliphatic carbocycles. The summed E-state index contributed by atoms with van der Waals surface area (Å²) in [6.45, 7) is 3.14. The molecule has 0 aromatic carbocycles. The van der Waals surface area contributed by atoms with Gasteiger partial charge in [0.15, 0.2) is 0 Å². The number of nitrogens with zero attached hydrogens (tertiary/aromatic N) is 3. The van der Waals surface area contributed by atoms with Gasteiger partial charge in [-0.3, -0.25) is 9.69 Å². The Hall–Kier alpha value is -1.43. The number of aromatic nitrogens is 2. The summed E-state index contributed by atoms with van der Waals surface area (Å²) >= 11 is 0. The van der Waals surface area contributed by atoms with Crippen molar-refractivity contribution < 1.29 is 9.21 Å². The Labute approximate surface area is 93.8 Å². The average Bonchev–Trinajstić information content (AvgIpc) is 2.85. The minimum absolute atomic E-state index is 0.0159. The molecule has 1 saturated heterocycles. The van der Waals surface area contributed by atoms with Crippen LogP contribution in [-0.4, -0.2) is 29.2 Å². The Morgan fingerprint density at radius 1 is 1.56 bits per heavy atom. The van der Waals surface area contributed by atoms with Crippen LogP contribution in [0.4, 0.5) is 6.01 Å². The lowest BCUT2D eigenvalue weighted by molar-refractivity contribution is -0.117. The number of rotatable bonds is 4. The van der Waals surface area contributed by atoms with Gasteiger partial charge in [-0.15, -0.1) is 5.10 Å². The molecule has 6 nitrogen and oxygen atoms in total. The third-order valence-corrected chi connectivity index (χ3v) is 2.69. The predicted octanol–water partition coefficient (Wildman–Crippen LogP) is 0.334. The fraction of sp³-hybridized carbons (Fsp3) is 0.700. The summed E-state index contributed by atoms with van der Waals surface area (Å²) in [6.07, 6.45) is 2.17. The molecule has 0 bridgehead atoms. The average molecular weight is 224 g/mol. The fourth-order valence-corrected chi connectivity index (χ4v) is 1.79. The van der Waals surface area contributed by atoms with Crippen molar-refractivity contribution in [2.45, 2.75) is 26.2 Å². The highest BCUT2D eigenvalue weighted by molar-refractivity contribution is 5.93. The van der Waals surface area contributed by atoms with E-state index in [9.17, 15) is 4.79 Å². The monoisotopic (exact) mass is 224 g/mol. The summed E-state index contributed by atoms with van der Waals surface area (Å²) in [4.78, 5) is 13.2. The molecule has 0 spiro atoms. The number of amides is 1. The van der Waals surface area contributed by atoms with Crippen LogP contribution in [0.1, 0.15) is 25.7 Å². The lowest BCUT2D eigenvalue weighted by Crippen LogP contribution is -2.26. The number of aryl methyl sites for hydroxylation is 1. The van der Waals surface area contributed by atoms with Gasteiger partial charge < -0.3 is 10.2 Å². The number of carbonyl (C=O) groups excluding carboxylic acids is 1. The highest BCUT2D eigenvalue weighted by atomic mass is 16.4. The van der Waals surface area contributed by atoms with Crippen LogP contribution in [0.5, 0.6) is 0 Å². The molecule has 0 radical (unpaired) electrons. The van der Waals surface area contributed by atoms with Crippen LogP contribution in [0.15, 0.2) is 4.42 Å². The van der Waals surface area contributed by atoms with E-state index in [4.69, 9.17) is 10.2 Å². The Morgan fingerprint density at radius 2 is 2.38 bits per heavy atom. The van der Waals surface area contributed by atoms with E-state index < -0.39 is 0 Å². The maximum atomic E-state index is 11.7. The molecular formula is C10H16N4O2. The van der Waals surface area contributed by atoms with Crippen molar-refractivity contribution in [1.82, 2.24) is 10.2 Å². The molecule has 1 aliphatic heterocycles. The van der Waals surface area contributed by atoms with Gasteiger partial charge in [-0.1, -0.05) is 12.0 Å². The van der Waals surface area contributed by atoms with Crippen LogP contribution >= 0.6 is 0 Å². The largest absolute Gasteiger partial charge is 0.408 e. The molecule has 1 atom stereocenters. The minimum Gasteiger partial charge on any atom is -0.408 e. The maximum absolute atomic E-state index is 11.7. The second kappa shape index (κ2) is 4.61. The number of anilines is 1. The lowest BCUT2D eigenvalue weighted by atomic mass is 10.1. The van der Waals surface area contributed by atoms with Gasteiger partial charge in [-0.05, 0) is 18.9 Å². The summed E-state index contributed by atoms with van der Waals surface area (Å²) in [7, 11) is 0. The van der Waals surface area contributed by atoms with Crippen LogP contribution in [0.3, 0.4) is 0 Å². The van der Waals surface area contributed by atoms with Crippen molar-refractivity contribution in [2.75, 3.05) is 18.0 Å². The van der Waals surface area contributed by atoms with E-state index in [2.05, 4.69) is 10.2 Å². The minimum atomic E-state index is 0.0159. The lowest BCUT2D eigenvalue weighted by Gasteiger charge is -2.09. The maximum Gasteiger partial charge on any atom is 0.325 e. The summed E-state index contributed by atoms with van der Waals surface area (Å²) in [6, 6.07) is 0.310. The van der Waals surface area contributed by atoms with E-state index in [1.54, 1.807) is 0 Å². The zero-order chi connectivity index (χ0) is 11.5. The molecule has 2 rings (SSSR count). The summed E-state index contributed by atoms with van der Waals surface area (Å²) < 4.78 is 5.41. The first-order valence-electron chi connectivity index (χ1n) is 5.57. The number of carbonyl (C=O) groups is 1. The Balaban J connectivity index is 2.09. The second-order valence-corrected chi connectivity index (χ2v) is 4.04. The van der Waals surface area contributed by atoms with Crippen LogP contribution < -0.4 is 10.6 Å². The van der Waals surface area contributed by atoms with Crippen molar-refractivity contribution in [2.24, 2.45) is 11.7 Å². The number of hydrogen-bond donors (Lipinski definition) is 1. The molecule has 2 N–H and O–H groups in total. The van der Waals surface area contributed by atoms with Gasteiger partial charge in [0, 0.05) is 19.4 Å². The summed E-state index contributed by atoms with van der Waals surface area (Å²) in [5.41, 5.74) is 5.54. The molecule has 1 aromatic heterocycles. The second-order valence-electron chi connectivity index (χ2n) is 4.04. The molecule has 1 amide bonds. The molecule has 1 unspecified atom stereocenters. The highest BCUT2D eigenvalue weighted by Gasteiger charge is 2.32. The van der Waals surface area contributed by atoms with Gasteiger partial charge >= 0.3 is 6.01 Å². The molecule has 88 valence electrons. The molecule has 6 heteroatoms. The third kappa shape index (κ3) is 2.06. The molecule has 0 saturated carbocycles. The quantitative estimate of drug-likeness (QED) is 0.796. The standard InChI is InChI=1S/C10H16N4O2/c1-2-3-8-12-13-10(16-8)14-6-7(5-11)4-9(14)15/h7H,2-6,11H2,1H3. The Kier molecular flexibility index (Phi) is 3.19. The van der Waals surface area contributed by atoms with Crippen LogP contribution in [0.2, 0.25) is 0 Å². The fourth-order valence-electron chi connectivity index (χ4n) is 1.79. The van der Waals surface area contributed by atoms with E-state index >= 15 is 0 Å². The van der Waals surface area contributed by atoms with Crippen molar-refractivity contribution in [3.63, 3.8) is 0 Å². The smallest absolute Gasteiger partial charge is 0.325 e. The zero-order valence-corrected chi connectivity index (χ0v) is 9.35. The Morgan fingerprint density at radius 3 is 3.00 bits per heavy atom. The van der Waals surface area contributed by atoms with Gasteiger partial charge in [0.25, 0.3) is 0 Å².